The van der Waals surface area contributed by atoms with Crippen LogP contribution >= 0.6 is 0 Å². The highest BCUT2D eigenvalue weighted by atomic mass is 19.1. The number of aromatic carboxylic acids is 1. The first-order valence-electron chi connectivity index (χ1n) is 8.84. The summed E-state index contributed by atoms with van der Waals surface area (Å²) in [5.41, 5.74) is 3.38. The lowest BCUT2D eigenvalue weighted by atomic mass is 10.0. The molecule has 0 spiro atoms. The number of hydrogen-bond acceptors (Lipinski definition) is 2. The van der Waals surface area contributed by atoms with E-state index < -0.39 is 5.97 Å². The fourth-order valence-electron chi connectivity index (χ4n) is 2.89. The van der Waals surface area contributed by atoms with Crippen LogP contribution in [0.1, 0.15) is 40.1 Å². The molecule has 1 atom stereocenters. The standard InChI is InChI=1S/C23H21FO3/c1-16(19-9-11-21(24)12-10-19)27-22-13-7-17(8-14-22)5-6-18-3-2-4-20(15-18)23(25)26/h2-4,7-16H,5-6H2,1H3,(H,25,26)/t16-/m1/s1. The van der Waals surface area contributed by atoms with Gasteiger partial charge in [0.1, 0.15) is 17.7 Å². The zero-order valence-electron chi connectivity index (χ0n) is 15.1. The summed E-state index contributed by atoms with van der Waals surface area (Å²) < 4.78 is 18.9. The molecule has 0 aliphatic rings. The highest BCUT2D eigenvalue weighted by Gasteiger charge is 2.08. The minimum Gasteiger partial charge on any atom is -0.486 e. The molecule has 3 nitrogen and oxygen atoms in total. The Hall–Kier alpha value is -3.14. The van der Waals surface area contributed by atoms with Gasteiger partial charge in [0.05, 0.1) is 5.56 Å². The highest BCUT2D eigenvalue weighted by molar-refractivity contribution is 5.87. The summed E-state index contributed by atoms with van der Waals surface area (Å²) in [4.78, 5) is 11.0. The van der Waals surface area contributed by atoms with E-state index in [1.807, 2.05) is 37.3 Å². The second-order valence-electron chi connectivity index (χ2n) is 6.46. The van der Waals surface area contributed by atoms with Crippen molar-refractivity contribution < 1.29 is 19.0 Å². The van der Waals surface area contributed by atoms with Gasteiger partial charge in [-0.3, -0.25) is 0 Å². The maximum atomic E-state index is 13.0. The molecule has 0 saturated carbocycles. The van der Waals surface area contributed by atoms with Crippen molar-refractivity contribution in [3.05, 3.63) is 101 Å². The normalized spacial score (nSPS) is 11.8. The molecule has 138 valence electrons. The van der Waals surface area contributed by atoms with E-state index in [4.69, 9.17) is 9.84 Å². The summed E-state index contributed by atoms with van der Waals surface area (Å²) in [5, 5.41) is 9.06. The second kappa shape index (κ2) is 8.49. The van der Waals surface area contributed by atoms with Gasteiger partial charge in [-0.2, -0.15) is 0 Å². The Balaban J connectivity index is 1.58. The Morgan fingerprint density at radius 2 is 1.63 bits per heavy atom. The molecule has 1 N–H and O–H groups in total. The Morgan fingerprint density at radius 1 is 0.963 bits per heavy atom. The quantitative estimate of drug-likeness (QED) is 0.606. The Labute approximate surface area is 158 Å². The van der Waals surface area contributed by atoms with E-state index in [2.05, 4.69) is 0 Å². The van der Waals surface area contributed by atoms with E-state index in [0.717, 1.165) is 35.3 Å². The van der Waals surface area contributed by atoms with Gasteiger partial charge in [-0.1, -0.05) is 36.4 Å². The SMILES string of the molecule is C[C@@H](Oc1ccc(CCc2cccc(C(=O)O)c2)cc1)c1ccc(F)cc1. The topological polar surface area (TPSA) is 46.5 Å². The monoisotopic (exact) mass is 364 g/mol. The van der Waals surface area contributed by atoms with Gasteiger partial charge in [0.15, 0.2) is 0 Å². The van der Waals surface area contributed by atoms with Crippen molar-refractivity contribution >= 4 is 5.97 Å². The fourth-order valence-corrected chi connectivity index (χ4v) is 2.89. The summed E-state index contributed by atoms with van der Waals surface area (Å²) in [7, 11) is 0. The molecule has 0 heterocycles. The maximum absolute atomic E-state index is 13.0. The summed E-state index contributed by atoms with van der Waals surface area (Å²) in [5.74, 6) is -0.415. The van der Waals surface area contributed by atoms with Gasteiger partial charge in [0.25, 0.3) is 0 Å². The van der Waals surface area contributed by atoms with Crippen LogP contribution in [-0.2, 0) is 12.8 Å². The molecule has 3 aromatic rings. The lowest BCUT2D eigenvalue weighted by Crippen LogP contribution is -2.03. The molecule has 3 aromatic carbocycles. The number of rotatable bonds is 7. The molecule has 0 fully saturated rings. The van der Waals surface area contributed by atoms with Crippen molar-refractivity contribution in [1.29, 1.82) is 0 Å². The summed E-state index contributed by atoms with van der Waals surface area (Å²) in [6.45, 7) is 1.93. The van der Waals surface area contributed by atoms with Crippen LogP contribution in [0.4, 0.5) is 4.39 Å². The first-order chi connectivity index (χ1) is 13.0. The molecule has 0 aliphatic carbocycles. The van der Waals surface area contributed by atoms with Gasteiger partial charge in [-0.25, -0.2) is 9.18 Å². The van der Waals surface area contributed by atoms with Gasteiger partial charge in [-0.15, -0.1) is 0 Å². The molecule has 0 amide bonds. The lowest BCUT2D eigenvalue weighted by Gasteiger charge is -2.15. The van der Waals surface area contributed by atoms with Gasteiger partial charge >= 0.3 is 5.97 Å². The van der Waals surface area contributed by atoms with Crippen LogP contribution < -0.4 is 4.74 Å². The molecule has 0 bridgehead atoms. The number of carbonyl (C=O) groups is 1. The largest absolute Gasteiger partial charge is 0.486 e. The second-order valence-corrected chi connectivity index (χ2v) is 6.46. The number of halogens is 1. The summed E-state index contributed by atoms with van der Waals surface area (Å²) in [6, 6.07) is 21.2. The number of carboxylic acid groups (broad SMARTS) is 1. The predicted molar refractivity (Wildman–Crippen MR) is 103 cm³/mol. The summed E-state index contributed by atoms with van der Waals surface area (Å²) >= 11 is 0. The molecule has 0 saturated heterocycles. The van der Waals surface area contributed by atoms with E-state index >= 15 is 0 Å². The summed E-state index contributed by atoms with van der Waals surface area (Å²) in [6.07, 6.45) is 1.42. The average molecular weight is 364 g/mol. The molecule has 4 heteroatoms. The van der Waals surface area contributed by atoms with Crippen LogP contribution in [0.15, 0.2) is 72.8 Å². The molecular weight excluding hydrogens is 343 g/mol. The Bertz CT molecular complexity index is 902. The van der Waals surface area contributed by atoms with Crippen molar-refractivity contribution in [2.45, 2.75) is 25.9 Å². The van der Waals surface area contributed by atoms with E-state index in [1.54, 1.807) is 30.3 Å². The first kappa shape index (κ1) is 18.6. The van der Waals surface area contributed by atoms with E-state index in [1.165, 1.54) is 12.1 Å². The molecule has 0 aliphatic heterocycles. The molecule has 3 rings (SSSR count). The average Bonchev–Trinajstić information content (AvgIpc) is 2.68. The number of ether oxygens (including phenoxy) is 1. The van der Waals surface area contributed by atoms with Gasteiger partial charge in [-0.05, 0) is 72.9 Å². The fraction of sp³-hybridized carbons (Fsp3) is 0.174. The molecular formula is C23H21FO3. The van der Waals surface area contributed by atoms with Gasteiger partial charge in [0, 0.05) is 0 Å². The van der Waals surface area contributed by atoms with Crippen molar-refractivity contribution in [2.75, 3.05) is 0 Å². The van der Waals surface area contributed by atoms with E-state index in [9.17, 15) is 9.18 Å². The number of carboxylic acids is 1. The molecule has 0 aromatic heterocycles. The van der Waals surface area contributed by atoms with E-state index in [0.29, 0.717) is 5.56 Å². The van der Waals surface area contributed by atoms with Crippen molar-refractivity contribution in [2.24, 2.45) is 0 Å². The smallest absolute Gasteiger partial charge is 0.335 e. The minimum absolute atomic E-state index is 0.171. The Morgan fingerprint density at radius 3 is 2.30 bits per heavy atom. The third-order valence-corrected chi connectivity index (χ3v) is 4.45. The molecule has 0 radical (unpaired) electrons. The van der Waals surface area contributed by atoms with Crippen LogP contribution in [0.25, 0.3) is 0 Å². The number of aryl methyl sites for hydroxylation is 2. The minimum atomic E-state index is -0.909. The van der Waals surface area contributed by atoms with Crippen molar-refractivity contribution in [1.82, 2.24) is 0 Å². The zero-order chi connectivity index (χ0) is 19.2. The Kier molecular flexibility index (Phi) is 5.87. The molecule has 0 unspecified atom stereocenters. The predicted octanol–water partition coefficient (Wildman–Crippen LogP) is 5.45. The van der Waals surface area contributed by atoms with Crippen LogP contribution in [0, 0.1) is 5.82 Å². The van der Waals surface area contributed by atoms with Gasteiger partial charge < -0.3 is 9.84 Å². The van der Waals surface area contributed by atoms with Crippen molar-refractivity contribution in [3.63, 3.8) is 0 Å². The zero-order valence-corrected chi connectivity index (χ0v) is 15.1. The number of hydrogen-bond donors (Lipinski definition) is 1. The van der Waals surface area contributed by atoms with E-state index in [-0.39, 0.29) is 11.9 Å². The lowest BCUT2D eigenvalue weighted by molar-refractivity contribution is 0.0696. The highest BCUT2D eigenvalue weighted by Crippen LogP contribution is 2.22. The van der Waals surface area contributed by atoms with Crippen LogP contribution in [0.5, 0.6) is 5.75 Å². The van der Waals surface area contributed by atoms with Crippen LogP contribution in [0.3, 0.4) is 0 Å². The molecule has 27 heavy (non-hydrogen) atoms. The van der Waals surface area contributed by atoms with Crippen molar-refractivity contribution in [3.8, 4) is 5.75 Å². The van der Waals surface area contributed by atoms with Crippen LogP contribution in [0.2, 0.25) is 0 Å². The third kappa shape index (κ3) is 5.17. The number of benzene rings is 3. The third-order valence-electron chi connectivity index (χ3n) is 4.45. The first-order valence-corrected chi connectivity index (χ1v) is 8.84. The maximum Gasteiger partial charge on any atom is 0.335 e. The van der Waals surface area contributed by atoms with Crippen LogP contribution in [-0.4, -0.2) is 11.1 Å². The van der Waals surface area contributed by atoms with Gasteiger partial charge in [0.2, 0.25) is 0 Å².